The van der Waals surface area contributed by atoms with Crippen LogP contribution in [-0.2, 0) is 12.8 Å². The highest BCUT2D eigenvalue weighted by Crippen LogP contribution is 2.37. The average molecular weight is 323 g/mol. The van der Waals surface area contributed by atoms with Gasteiger partial charge in [0.05, 0.1) is 0 Å². The molecule has 2 N–H and O–H groups in total. The average Bonchev–Trinajstić information content (AvgIpc) is 2.94. The summed E-state index contributed by atoms with van der Waals surface area (Å²) in [4.78, 5) is 16.3. The van der Waals surface area contributed by atoms with Crippen LogP contribution in [0.1, 0.15) is 50.2 Å². The molecule has 0 radical (unpaired) electrons. The smallest absolute Gasteiger partial charge is 0.320 e. The number of carbonyl (C=O) groups is 1. The zero-order chi connectivity index (χ0) is 16.4. The summed E-state index contributed by atoms with van der Waals surface area (Å²) in [6, 6.07) is 1.48. The lowest BCUT2D eigenvalue weighted by Gasteiger charge is -2.32. The second-order valence-corrected chi connectivity index (χ2v) is 6.77. The molecule has 0 aliphatic heterocycles. The van der Waals surface area contributed by atoms with Crippen molar-refractivity contribution < 1.29 is 13.6 Å². The van der Waals surface area contributed by atoms with Crippen molar-refractivity contribution in [2.24, 2.45) is 5.92 Å². The maximum Gasteiger partial charge on any atom is 0.320 e. The van der Waals surface area contributed by atoms with E-state index in [2.05, 4.69) is 15.6 Å². The molecule has 0 saturated heterocycles. The van der Waals surface area contributed by atoms with Gasteiger partial charge in [0, 0.05) is 25.1 Å². The van der Waals surface area contributed by atoms with Crippen molar-refractivity contribution >= 4 is 11.8 Å². The van der Waals surface area contributed by atoms with Gasteiger partial charge in [0.15, 0.2) is 0 Å². The monoisotopic (exact) mass is 323 g/mol. The Morgan fingerprint density at radius 3 is 2.74 bits per heavy atom. The van der Waals surface area contributed by atoms with Gasteiger partial charge >= 0.3 is 6.03 Å². The summed E-state index contributed by atoms with van der Waals surface area (Å²) < 4.78 is 26.4. The molecule has 2 amide bonds. The molecule has 4 nitrogen and oxygen atoms in total. The first-order valence-electron chi connectivity index (χ1n) is 8.36. The molecule has 1 aromatic heterocycles. The molecule has 1 heterocycles. The molecule has 23 heavy (non-hydrogen) atoms. The molecule has 6 heteroatoms. The van der Waals surface area contributed by atoms with Crippen molar-refractivity contribution in [3.05, 3.63) is 23.4 Å². The molecule has 1 saturated carbocycles. The first-order valence-corrected chi connectivity index (χ1v) is 8.36. The number of rotatable bonds is 3. The van der Waals surface area contributed by atoms with E-state index in [0.29, 0.717) is 18.7 Å². The third-order valence-corrected chi connectivity index (χ3v) is 5.04. The number of anilines is 1. The number of pyridine rings is 1. The van der Waals surface area contributed by atoms with Crippen molar-refractivity contribution in [1.82, 2.24) is 10.3 Å². The molecular weight excluding hydrogens is 300 g/mol. The number of carbonyl (C=O) groups excluding carboxylic acids is 1. The van der Waals surface area contributed by atoms with Gasteiger partial charge in [-0.05, 0) is 62.1 Å². The molecule has 2 aliphatic carbocycles. The number of hydrogen-bond donors (Lipinski definition) is 2. The predicted molar refractivity (Wildman–Crippen MR) is 84.8 cm³/mol. The number of aromatic nitrogens is 1. The third kappa shape index (κ3) is 3.98. The van der Waals surface area contributed by atoms with Crippen molar-refractivity contribution in [2.45, 2.75) is 63.8 Å². The fourth-order valence-electron chi connectivity index (χ4n) is 3.56. The van der Waals surface area contributed by atoms with Crippen LogP contribution in [0.4, 0.5) is 19.4 Å². The molecule has 1 aromatic rings. The van der Waals surface area contributed by atoms with E-state index in [0.717, 1.165) is 19.3 Å². The lowest BCUT2D eigenvalue weighted by atomic mass is 9.83. The zero-order valence-corrected chi connectivity index (χ0v) is 13.4. The van der Waals surface area contributed by atoms with E-state index < -0.39 is 5.92 Å². The SMILES string of the molecule is CC(NC(=O)Nc1cc2c(cn1)CCC2)C1CCC(F)(F)CC1. The molecule has 2 aliphatic rings. The van der Waals surface area contributed by atoms with Gasteiger partial charge in [0.1, 0.15) is 5.82 Å². The van der Waals surface area contributed by atoms with Crippen molar-refractivity contribution in [3.63, 3.8) is 0 Å². The van der Waals surface area contributed by atoms with Crippen LogP contribution in [0.25, 0.3) is 0 Å². The Morgan fingerprint density at radius 1 is 1.30 bits per heavy atom. The van der Waals surface area contributed by atoms with Crippen LogP contribution in [0.5, 0.6) is 0 Å². The number of fused-ring (bicyclic) bond motifs is 1. The molecule has 3 rings (SSSR count). The normalized spacial score (nSPS) is 21.5. The van der Waals surface area contributed by atoms with Crippen LogP contribution in [0.3, 0.4) is 0 Å². The highest BCUT2D eigenvalue weighted by Gasteiger charge is 2.36. The quantitative estimate of drug-likeness (QED) is 0.886. The van der Waals surface area contributed by atoms with Crippen LogP contribution in [0.15, 0.2) is 12.3 Å². The summed E-state index contributed by atoms with van der Waals surface area (Å²) in [7, 11) is 0. The fraction of sp³-hybridized carbons (Fsp3) is 0.647. The number of amides is 2. The molecule has 0 spiro atoms. The second kappa shape index (κ2) is 6.42. The summed E-state index contributed by atoms with van der Waals surface area (Å²) >= 11 is 0. The Hall–Kier alpha value is -1.72. The van der Waals surface area contributed by atoms with Crippen LogP contribution in [0.2, 0.25) is 0 Å². The van der Waals surface area contributed by atoms with Gasteiger partial charge in [-0.2, -0.15) is 0 Å². The maximum absolute atomic E-state index is 13.2. The van der Waals surface area contributed by atoms with E-state index in [-0.39, 0.29) is 30.8 Å². The van der Waals surface area contributed by atoms with E-state index >= 15 is 0 Å². The van der Waals surface area contributed by atoms with Crippen molar-refractivity contribution in [3.8, 4) is 0 Å². The van der Waals surface area contributed by atoms with Gasteiger partial charge < -0.3 is 5.32 Å². The largest absolute Gasteiger partial charge is 0.335 e. The molecule has 126 valence electrons. The summed E-state index contributed by atoms with van der Waals surface area (Å²) in [6.07, 6.45) is 5.77. The highest BCUT2D eigenvalue weighted by molar-refractivity contribution is 5.88. The molecule has 1 fully saturated rings. The lowest BCUT2D eigenvalue weighted by molar-refractivity contribution is -0.0483. The molecule has 1 atom stereocenters. The van der Waals surface area contributed by atoms with E-state index in [1.807, 2.05) is 19.2 Å². The maximum atomic E-state index is 13.2. The summed E-state index contributed by atoms with van der Waals surface area (Å²) in [5.74, 6) is -1.88. The van der Waals surface area contributed by atoms with E-state index in [1.54, 1.807) is 0 Å². The van der Waals surface area contributed by atoms with Crippen LogP contribution in [0, 0.1) is 5.92 Å². The van der Waals surface area contributed by atoms with E-state index in [9.17, 15) is 13.6 Å². The Labute approximate surface area is 135 Å². The highest BCUT2D eigenvalue weighted by atomic mass is 19.3. The Kier molecular flexibility index (Phi) is 4.50. The van der Waals surface area contributed by atoms with Crippen molar-refractivity contribution in [1.29, 1.82) is 0 Å². The number of alkyl halides is 2. The zero-order valence-electron chi connectivity index (χ0n) is 13.4. The van der Waals surface area contributed by atoms with Crippen molar-refractivity contribution in [2.75, 3.05) is 5.32 Å². The molecule has 0 aromatic carbocycles. The number of halogens is 2. The predicted octanol–water partition coefficient (Wildman–Crippen LogP) is 3.91. The number of urea groups is 1. The summed E-state index contributed by atoms with van der Waals surface area (Å²) in [6.45, 7) is 1.88. The molecule has 1 unspecified atom stereocenters. The van der Waals surface area contributed by atoms with Crippen LogP contribution >= 0.6 is 0 Å². The first kappa shape index (κ1) is 16.1. The van der Waals surface area contributed by atoms with Gasteiger partial charge in [-0.1, -0.05) is 0 Å². The fourth-order valence-corrected chi connectivity index (χ4v) is 3.56. The van der Waals surface area contributed by atoms with Gasteiger partial charge in [-0.3, -0.25) is 5.32 Å². The lowest BCUT2D eigenvalue weighted by Crippen LogP contribution is -2.43. The Bertz CT molecular complexity index is 581. The van der Waals surface area contributed by atoms with Crippen LogP contribution < -0.4 is 10.6 Å². The summed E-state index contributed by atoms with van der Waals surface area (Å²) in [5, 5.41) is 5.61. The van der Waals surface area contributed by atoms with E-state index in [4.69, 9.17) is 0 Å². The third-order valence-electron chi connectivity index (χ3n) is 5.04. The summed E-state index contributed by atoms with van der Waals surface area (Å²) in [5.41, 5.74) is 2.50. The number of nitrogens with one attached hydrogen (secondary N) is 2. The van der Waals surface area contributed by atoms with Crippen LogP contribution in [-0.4, -0.2) is 23.0 Å². The van der Waals surface area contributed by atoms with Gasteiger partial charge in [-0.25, -0.2) is 18.6 Å². The second-order valence-electron chi connectivity index (χ2n) is 6.77. The molecule has 0 bridgehead atoms. The Balaban J connectivity index is 1.51. The molecular formula is C17H23F2N3O. The van der Waals surface area contributed by atoms with Gasteiger partial charge in [0.25, 0.3) is 0 Å². The topological polar surface area (TPSA) is 54.0 Å². The van der Waals surface area contributed by atoms with Gasteiger partial charge in [-0.15, -0.1) is 0 Å². The first-order chi connectivity index (χ1) is 10.9. The minimum absolute atomic E-state index is 0.0856. The minimum atomic E-state index is -2.53. The number of aryl methyl sites for hydroxylation is 2. The standard InChI is InChI=1S/C17H23F2N3O/c1-11(12-5-7-17(18,19)8-6-12)21-16(23)22-15-9-13-3-2-4-14(13)10-20-15/h9-12H,2-8H2,1H3,(H2,20,21,22,23). The van der Waals surface area contributed by atoms with Gasteiger partial charge in [0.2, 0.25) is 5.92 Å². The number of hydrogen-bond acceptors (Lipinski definition) is 2. The minimum Gasteiger partial charge on any atom is -0.335 e. The Morgan fingerprint density at radius 2 is 2.00 bits per heavy atom. The van der Waals surface area contributed by atoms with E-state index in [1.165, 1.54) is 11.1 Å². The number of nitrogens with zero attached hydrogens (tertiary/aromatic N) is 1.